The summed E-state index contributed by atoms with van der Waals surface area (Å²) in [6.45, 7) is 2.54. The molecule has 0 saturated carbocycles. The van der Waals surface area contributed by atoms with Crippen molar-refractivity contribution in [3.05, 3.63) is 71.4 Å². The molecule has 0 unspecified atom stereocenters. The van der Waals surface area contributed by atoms with E-state index in [0.717, 1.165) is 16.1 Å². The van der Waals surface area contributed by atoms with Crippen LogP contribution in [0.15, 0.2) is 65.1 Å². The standard InChI is InChI=1S/C17H17N3O2S2/c1-13-4-9-17(23-13)24(21,22)20-16-7-5-15(6-8-16)19-12-14-3-2-10-18-11-14/h2-11,19-20H,12H2,1H3. The molecule has 1 aromatic carbocycles. The van der Waals surface area contributed by atoms with Crippen LogP contribution in [-0.4, -0.2) is 13.4 Å². The fourth-order valence-electron chi connectivity index (χ4n) is 2.12. The topological polar surface area (TPSA) is 71.1 Å². The van der Waals surface area contributed by atoms with Crippen molar-refractivity contribution in [3.63, 3.8) is 0 Å². The van der Waals surface area contributed by atoms with Crippen molar-refractivity contribution in [1.82, 2.24) is 4.98 Å². The van der Waals surface area contributed by atoms with Crippen molar-refractivity contribution in [1.29, 1.82) is 0 Å². The van der Waals surface area contributed by atoms with Crippen LogP contribution in [0.3, 0.4) is 0 Å². The number of pyridine rings is 1. The van der Waals surface area contributed by atoms with E-state index in [0.29, 0.717) is 16.4 Å². The van der Waals surface area contributed by atoms with E-state index in [1.165, 1.54) is 11.3 Å². The summed E-state index contributed by atoms with van der Waals surface area (Å²) < 4.78 is 27.5. The van der Waals surface area contributed by atoms with Crippen LogP contribution in [0.4, 0.5) is 11.4 Å². The first-order valence-corrected chi connectivity index (χ1v) is 9.65. The second-order valence-corrected chi connectivity index (χ2v) is 8.46. The molecule has 7 heteroatoms. The van der Waals surface area contributed by atoms with Crippen LogP contribution in [0, 0.1) is 6.92 Å². The zero-order valence-corrected chi connectivity index (χ0v) is 14.7. The molecule has 124 valence electrons. The van der Waals surface area contributed by atoms with Crippen molar-refractivity contribution in [2.75, 3.05) is 10.0 Å². The zero-order valence-electron chi connectivity index (χ0n) is 13.1. The summed E-state index contributed by atoms with van der Waals surface area (Å²) in [5, 5.41) is 3.27. The molecule has 3 aromatic rings. The third-order valence-electron chi connectivity index (χ3n) is 3.34. The third kappa shape index (κ3) is 4.12. The molecule has 0 bridgehead atoms. The minimum atomic E-state index is -3.52. The van der Waals surface area contributed by atoms with Gasteiger partial charge in [0.05, 0.1) is 0 Å². The van der Waals surface area contributed by atoms with Crippen LogP contribution in [0.5, 0.6) is 0 Å². The predicted octanol–water partition coefficient (Wildman–Crippen LogP) is 3.86. The van der Waals surface area contributed by atoms with Gasteiger partial charge in [0.15, 0.2) is 0 Å². The molecular formula is C17H17N3O2S2. The summed E-state index contributed by atoms with van der Waals surface area (Å²) in [6, 6.07) is 14.5. The summed E-state index contributed by atoms with van der Waals surface area (Å²) >= 11 is 1.25. The molecule has 0 atom stereocenters. The normalized spacial score (nSPS) is 11.2. The Balaban J connectivity index is 1.64. The summed E-state index contributed by atoms with van der Waals surface area (Å²) in [7, 11) is -3.52. The van der Waals surface area contributed by atoms with E-state index in [-0.39, 0.29) is 0 Å². The minimum absolute atomic E-state index is 0.318. The monoisotopic (exact) mass is 359 g/mol. The van der Waals surface area contributed by atoms with E-state index in [1.807, 2.05) is 31.2 Å². The van der Waals surface area contributed by atoms with Gasteiger partial charge in [0, 0.05) is 35.2 Å². The molecule has 0 radical (unpaired) electrons. The smallest absolute Gasteiger partial charge is 0.271 e. The maximum atomic E-state index is 12.3. The van der Waals surface area contributed by atoms with E-state index < -0.39 is 10.0 Å². The van der Waals surface area contributed by atoms with Gasteiger partial charge in [0.2, 0.25) is 0 Å². The Kier molecular flexibility index (Phi) is 4.82. The van der Waals surface area contributed by atoms with E-state index in [4.69, 9.17) is 0 Å². The number of hydrogen-bond acceptors (Lipinski definition) is 5. The quantitative estimate of drug-likeness (QED) is 0.701. The summed E-state index contributed by atoms with van der Waals surface area (Å²) in [5.74, 6) is 0. The van der Waals surface area contributed by atoms with E-state index in [1.54, 1.807) is 36.7 Å². The first kappa shape index (κ1) is 16.5. The largest absolute Gasteiger partial charge is 0.381 e. The van der Waals surface area contributed by atoms with Gasteiger partial charge in [-0.3, -0.25) is 9.71 Å². The maximum Gasteiger partial charge on any atom is 0.271 e. The molecule has 5 nitrogen and oxygen atoms in total. The Hall–Kier alpha value is -2.38. The van der Waals surface area contributed by atoms with Crippen LogP contribution in [0.2, 0.25) is 0 Å². The number of benzene rings is 1. The Labute approximate surface area is 145 Å². The van der Waals surface area contributed by atoms with Gasteiger partial charge < -0.3 is 5.32 Å². The van der Waals surface area contributed by atoms with Gasteiger partial charge in [0.1, 0.15) is 4.21 Å². The van der Waals surface area contributed by atoms with Crippen molar-refractivity contribution in [3.8, 4) is 0 Å². The molecule has 24 heavy (non-hydrogen) atoms. The van der Waals surface area contributed by atoms with Crippen LogP contribution in [0.25, 0.3) is 0 Å². The molecule has 3 rings (SSSR count). The van der Waals surface area contributed by atoms with Crippen molar-refractivity contribution < 1.29 is 8.42 Å². The number of hydrogen-bond donors (Lipinski definition) is 2. The lowest BCUT2D eigenvalue weighted by Crippen LogP contribution is -2.11. The van der Waals surface area contributed by atoms with Gasteiger partial charge in [-0.05, 0) is 55.0 Å². The lowest BCUT2D eigenvalue weighted by Gasteiger charge is -2.09. The van der Waals surface area contributed by atoms with Crippen molar-refractivity contribution in [2.45, 2.75) is 17.7 Å². The molecule has 0 saturated heterocycles. The van der Waals surface area contributed by atoms with Gasteiger partial charge in [-0.15, -0.1) is 11.3 Å². The predicted molar refractivity (Wildman–Crippen MR) is 97.9 cm³/mol. The molecule has 2 heterocycles. The zero-order chi connectivity index (χ0) is 17.0. The number of nitrogens with one attached hydrogen (secondary N) is 2. The van der Waals surface area contributed by atoms with Crippen LogP contribution in [-0.2, 0) is 16.6 Å². The summed E-state index contributed by atoms with van der Waals surface area (Å²) in [6.07, 6.45) is 3.54. The highest BCUT2D eigenvalue weighted by Gasteiger charge is 2.16. The summed E-state index contributed by atoms with van der Waals surface area (Å²) in [4.78, 5) is 5.03. The second-order valence-electron chi connectivity index (χ2n) is 5.26. The van der Waals surface area contributed by atoms with E-state index in [2.05, 4.69) is 15.0 Å². The highest BCUT2D eigenvalue weighted by molar-refractivity contribution is 7.94. The highest BCUT2D eigenvalue weighted by atomic mass is 32.2. The SMILES string of the molecule is Cc1ccc(S(=O)(=O)Nc2ccc(NCc3cccnc3)cc2)s1. The molecule has 2 aromatic heterocycles. The molecule has 0 amide bonds. The second kappa shape index (κ2) is 7.02. The van der Waals surface area contributed by atoms with Crippen LogP contribution < -0.4 is 10.0 Å². The average Bonchev–Trinajstić information content (AvgIpc) is 3.02. The Bertz CT molecular complexity index is 905. The fraction of sp³-hybridized carbons (Fsp3) is 0.118. The van der Waals surface area contributed by atoms with E-state index >= 15 is 0 Å². The Morgan fingerprint density at radius 1 is 1.04 bits per heavy atom. The summed E-state index contributed by atoms with van der Waals surface area (Å²) in [5.41, 5.74) is 2.53. The number of aromatic nitrogens is 1. The highest BCUT2D eigenvalue weighted by Crippen LogP contribution is 2.24. The number of rotatable bonds is 6. The number of anilines is 2. The molecule has 0 aliphatic rings. The maximum absolute atomic E-state index is 12.3. The molecule has 0 spiro atoms. The third-order valence-corrected chi connectivity index (χ3v) is 6.21. The first-order chi connectivity index (χ1) is 11.5. The molecule has 0 aliphatic carbocycles. The number of sulfonamides is 1. The lowest BCUT2D eigenvalue weighted by atomic mass is 10.2. The number of aryl methyl sites for hydroxylation is 1. The minimum Gasteiger partial charge on any atom is -0.381 e. The van der Waals surface area contributed by atoms with Crippen LogP contribution in [0.1, 0.15) is 10.4 Å². The van der Waals surface area contributed by atoms with Crippen molar-refractivity contribution in [2.24, 2.45) is 0 Å². The Morgan fingerprint density at radius 3 is 2.42 bits per heavy atom. The van der Waals surface area contributed by atoms with Gasteiger partial charge in [-0.2, -0.15) is 0 Å². The lowest BCUT2D eigenvalue weighted by molar-refractivity contribution is 0.603. The molecular weight excluding hydrogens is 342 g/mol. The van der Waals surface area contributed by atoms with Gasteiger partial charge in [-0.25, -0.2) is 8.42 Å². The molecule has 2 N–H and O–H groups in total. The van der Waals surface area contributed by atoms with Gasteiger partial charge in [0.25, 0.3) is 10.0 Å². The van der Waals surface area contributed by atoms with E-state index in [9.17, 15) is 8.42 Å². The molecule has 0 fully saturated rings. The fourth-order valence-corrected chi connectivity index (χ4v) is 4.47. The number of thiophene rings is 1. The molecule has 0 aliphatic heterocycles. The Morgan fingerprint density at radius 2 is 1.79 bits per heavy atom. The number of nitrogens with zero attached hydrogens (tertiary/aromatic N) is 1. The average molecular weight is 359 g/mol. The van der Waals surface area contributed by atoms with Gasteiger partial charge >= 0.3 is 0 Å². The van der Waals surface area contributed by atoms with Crippen LogP contribution >= 0.6 is 11.3 Å². The first-order valence-electron chi connectivity index (χ1n) is 7.35. The van der Waals surface area contributed by atoms with Crippen molar-refractivity contribution >= 4 is 32.7 Å². The van der Waals surface area contributed by atoms with Gasteiger partial charge in [-0.1, -0.05) is 6.07 Å².